The fourth-order valence-electron chi connectivity index (χ4n) is 4.17. The predicted octanol–water partition coefficient (Wildman–Crippen LogP) is 2.77. The Balaban J connectivity index is 1.51. The molecule has 33 heavy (non-hydrogen) atoms. The maximum atomic E-state index is 14.8. The zero-order chi connectivity index (χ0) is 23.7. The Morgan fingerprint density at radius 2 is 2.09 bits per heavy atom. The number of fused-ring (bicyclic) bond motifs is 1. The number of rotatable bonds is 6. The van der Waals surface area contributed by atoms with Gasteiger partial charge in [-0.1, -0.05) is 29.8 Å². The zero-order valence-electron chi connectivity index (χ0n) is 18.2. The van der Waals surface area contributed by atoms with Crippen LogP contribution in [0.15, 0.2) is 36.4 Å². The SMILES string of the molecule is COC1C[C@@H](CO)N(C(=O)Cc2cc(Cl)c(NC(=O)c3nn(C)c4ccccc34)cc2F)C1. The molecule has 0 aliphatic carbocycles. The fraction of sp³-hybridized carbons (Fsp3) is 0.348. The van der Waals surface area contributed by atoms with Crippen LogP contribution >= 0.6 is 11.6 Å². The Bertz CT molecular complexity index is 1210. The normalized spacial score (nSPS) is 18.2. The van der Waals surface area contributed by atoms with Gasteiger partial charge in [0.05, 0.1) is 41.4 Å². The summed E-state index contributed by atoms with van der Waals surface area (Å²) in [5.74, 6) is -1.53. The number of halogens is 2. The Hall–Kier alpha value is -3.01. The number of anilines is 1. The van der Waals surface area contributed by atoms with Crippen molar-refractivity contribution >= 4 is 40.0 Å². The number of hydrogen-bond acceptors (Lipinski definition) is 5. The van der Waals surface area contributed by atoms with Crippen LogP contribution in [-0.4, -0.2) is 64.0 Å². The molecule has 0 bridgehead atoms. The second kappa shape index (κ2) is 9.46. The molecule has 2 heterocycles. The molecule has 1 aliphatic rings. The van der Waals surface area contributed by atoms with Gasteiger partial charge < -0.3 is 20.1 Å². The number of nitrogens with one attached hydrogen (secondary N) is 1. The van der Waals surface area contributed by atoms with Crippen molar-refractivity contribution in [2.75, 3.05) is 25.6 Å². The molecule has 4 rings (SSSR count). The molecule has 2 N–H and O–H groups in total. The molecular formula is C23H24ClFN4O4. The number of ether oxygens (including phenoxy) is 1. The van der Waals surface area contributed by atoms with Gasteiger partial charge in [0, 0.05) is 26.1 Å². The van der Waals surface area contributed by atoms with Crippen molar-refractivity contribution in [3.63, 3.8) is 0 Å². The van der Waals surface area contributed by atoms with Gasteiger partial charge in [-0.25, -0.2) is 4.39 Å². The second-order valence-electron chi connectivity index (χ2n) is 8.02. The van der Waals surface area contributed by atoms with Gasteiger partial charge in [0.2, 0.25) is 5.91 Å². The molecule has 2 atom stereocenters. The number of aliphatic hydroxyl groups is 1. The zero-order valence-corrected chi connectivity index (χ0v) is 19.0. The van der Waals surface area contributed by atoms with Gasteiger partial charge >= 0.3 is 0 Å². The molecule has 1 unspecified atom stereocenters. The standard InChI is InChI=1S/C23H24ClFN4O4/c1-28-20-6-4-3-5-16(20)22(27-28)23(32)26-19-10-18(25)13(7-17(19)24)8-21(31)29-11-15(33-2)9-14(29)12-30/h3-7,10,14-15,30H,8-9,11-12H2,1-2H3,(H,26,32)/t14-,15?/m0/s1. The average molecular weight is 475 g/mol. The van der Waals surface area contributed by atoms with Gasteiger partial charge in [-0.15, -0.1) is 0 Å². The summed E-state index contributed by atoms with van der Waals surface area (Å²) in [5.41, 5.74) is 1.16. The Kier molecular flexibility index (Phi) is 6.64. The minimum atomic E-state index is -0.669. The summed E-state index contributed by atoms with van der Waals surface area (Å²) in [7, 11) is 3.28. The number of aryl methyl sites for hydroxylation is 1. The summed E-state index contributed by atoms with van der Waals surface area (Å²) in [5, 5.41) is 17.2. The maximum Gasteiger partial charge on any atom is 0.276 e. The molecule has 10 heteroatoms. The van der Waals surface area contributed by atoms with Crippen LogP contribution in [0.3, 0.4) is 0 Å². The van der Waals surface area contributed by atoms with E-state index in [1.54, 1.807) is 31.0 Å². The van der Waals surface area contributed by atoms with Crippen molar-refractivity contribution < 1.29 is 23.8 Å². The van der Waals surface area contributed by atoms with Gasteiger partial charge in [-0.05, 0) is 30.2 Å². The number of carbonyl (C=O) groups is 2. The van der Waals surface area contributed by atoms with Crippen LogP contribution in [0.2, 0.25) is 5.02 Å². The fourth-order valence-corrected chi connectivity index (χ4v) is 4.40. The molecule has 0 radical (unpaired) electrons. The monoisotopic (exact) mass is 474 g/mol. The molecule has 2 amide bonds. The molecule has 3 aromatic rings. The van der Waals surface area contributed by atoms with E-state index in [9.17, 15) is 19.1 Å². The third-order valence-corrected chi connectivity index (χ3v) is 6.25. The molecule has 0 saturated carbocycles. The quantitative estimate of drug-likeness (QED) is 0.572. The highest BCUT2D eigenvalue weighted by Crippen LogP contribution is 2.28. The van der Waals surface area contributed by atoms with Crippen molar-refractivity contribution in [3.8, 4) is 0 Å². The molecule has 1 fully saturated rings. The number of nitrogens with zero attached hydrogens (tertiary/aromatic N) is 3. The van der Waals surface area contributed by atoms with E-state index in [1.807, 2.05) is 12.1 Å². The number of likely N-dealkylation sites (tertiary alicyclic amines) is 1. The van der Waals surface area contributed by atoms with Crippen molar-refractivity contribution in [2.24, 2.45) is 7.05 Å². The molecule has 2 aromatic carbocycles. The number of aromatic nitrogens is 2. The summed E-state index contributed by atoms with van der Waals surface area (Å²) in [4.78, 5) is 27.1. The van der Waals surface area contributed by atoms with Crippen molar-refractivity contribution in [3.05, 3.63) is 58.5 Å². The third kappa shape index (κ3) is 4.57. The van der Waals surface area contributed by atoms with Crippen LogP contribution < -0.4 is 5.32 Å². The first-order valence-corrected chi connectivity index (χ1v) is 10.8. The number of para-hydroxylation sites is 1. The van der Waals surface area contributed by atoms with Gasteiger partial charge in [0.1, 0.15) is 5.82 Å². The number of aliphatic hydroxyl groups excluding tert-OH is 1. The minimum absolute atomic E-state index is 0.0824. The van der Waals surface area contributed by atoms with E-state index in [1.165, 1.54) is 11.0 Å². The van der Waals surface area contributed by atoms with E-state index >= 15 is 0 Å². The van der Waals surface area contributed by atoms with Crippen molar-refractivity contribution in [1.82, 2.24) is 14.7 Å². The Morgan fingerprint density at radius 3 is 2.82 bits per heavy atom. The topological polar surface area (TPSA) is 96.7 Å². The number of amides is 2. The van der Waals surface area contributed by atoms with E-state index in [4.69, 9.17) is 16.3 Å². The molecule has 1 saturated heterocycles. The van der Waals surface area contributed by atoms with Crippen LogP contribution in [0.4, 0.5) is 10.1 Å². The van der Waals surface area contributed by atoms with E-state index in [2.05, 4.69) is 10.4 Å². The second-order valence-corrected chi connectivity index (χ2v) is 8.43. The maximum absolute atomic E-state index is 14.8. The van der Waals surface area contributed by atoms with Crippen molar-refractivity contribution in [1.29, 1.82) is 0 Å². The van der Waals surface area contributed by atoms with Crippen LogP contribution in [0.1, 0.15) is 22.5 Å². The number of hydrogen-bond donors (Lipinski definition) is 2. The van der Waals surface area contributed by atoms with Gasteiger partial charge in [-0.3, -0.25) is 14.3 Å². The highest BCUT2D eigenvalue weighted by Gasteiger charge is 2.35. The highest BCUT2D eigenvalue weighted by atomic mass is 35.5. The lowest BCUT2D eigenvalue weighted by molar-refractivity contribution is -0.132. The first-order valence-electron chi connectivity index (χ1n) is 10.5. The molecular weight excluding hydrogens is 451 g/mol. The lowest BCUT2D eigenvalue weighted by Crippen LogP contribution is -2.39. The summed E-state index contributed by atoms with van der Waals surface area (Å²) < 4.78 is 21.7. The minimum Gasteiger partial charge on any atom is -0.394 e. The van der Waals surface area contributed by atoms with Gasteiger partial charge in [0.15, 0.2) is 5.69 Å². The van der Waals surface area contributed by atoms with Gasteiger partial charge in [-0.2, -0.15) is 5.10 Å². The third-order valence-electron chi connectivity index (χ3n) is 5.94. The average Bonchev–Trinajstić information content (AvgIpc) is 3.38. The Labute approximate surface area is 194 Å². The Morgan fingerprint density at radius 1 is 1.33 bits per heavy atom. The van der Waals surface area contributed by atoms with Gasteiger partial charge in [0.25, 0.3) is 5.91 Å². The summed E-state index contributed by atoms with van der Waals surface area (Å²) in [6, 6.07) is 9.33. The molecule has 1 aromatic heterocycles. The van der Waals surface area contributed by atoms with Crippen LogP contribution in [0.5, 0.6) is 0 Å². The summed E-state index contributed by atoms with van der Waals surface area (Å²) in [6.45, 7) is 0.143. The molecule has 8 nitrogen and oxygen atoms in total. The van der Waals surface area contributed by atoms with Crippen molar-refractivity contribution in [2.45, 2.75) is 25.0 Å². The van der Waals surface area contributed by atoms with Crippen LogP contribution in [-0.2, 0) is 23.0 Å². The first kappa shape index (κ1) is 23.2. The largest absolute Gasteiger partial charge is 0.394 e. The number of carbonyl (C=O) groups excluding carboxylic acids is 2. The van der Waals surface area contributed by atoms with Crippen LogP contribution in [0.25, 0.3) is 10.9 Å². The smallest absolute Gasteiger partial charge is 0.276 e. The van der Waals surface area contributed by atoms with E-state index < -0.39 is 11.7 Å². The summed E-state index contributed by atoms with van der Waals surface area (Å²) in [6.07, 6.45) is 0.132. The highest BCUT2D eigenvalue weighted by molar-refractivity contribution is 6.34. The van der Waals surface area contributed by atoms with E-state index in [-0.39, 0.29) is 53.0 Å². The number of benzene rings is 2. The lowest BCUT2D eigenvalue weighted by Gasteiger charge is -2.23. The van der Waals surface area contributed by atoms with E-state index in [0.717, 1.165) is 11.6 Å². The lowest BCUT2D eigenvalue weighted by atomic mass is 10.1. The predicted molar refractivity (Wildman–Crippen MR) is 122 cm³/mol. The molecule has 1 aliphatic heterocycles. The van der Waals surface area contributed by atoms with Crippen LogP contribution in [0, 0.1) is 5.82 Å². The molecule has 0 spiro atoms. The summed E-state index contributed by atoms with van der Waals surface area (Å²) >= 11 is 6.31. The molecule has 174 valence electrons. The first-order chi connectivity index (χ1) is 15.8. The number of methoxy groups -OCH3 is 1. The van der Waals surface area contributed by atoms with E-state index in [0.29, 0.717) is 18.4 Å².